The number of anilines is 1. The number of imidazole rings is 1. The Balaban J connectivity index is 2.30. The average molecular weight is 214 g/mol. The molecule has 0 spiro atoms. The third-order valence-corrected chi connectivity index (χ3v) is 2.37. The first-order valence-electron chi connectivity index (χ1n) is 4.84. The minimum Gasteiger partial charge on any atom is -0.369 e. The number of H-pyrrole nitrogens is 1. The van der Waals surface area contributed by atoms with E-state index in [1.54, 1.807) is 11.0 Å². The molecule has 16 heavy (non-hydrogen) atoms. The van der Waals surface area contributed by atoms with Gasteiger partial charge in [0.25, 0.3) is 0 Å². The van der Waals surface area contributed by atoms with Gasteiger partial charge in [-0.05, 0) is 12.1 Å². The van der Waals surface area contributed by atoms with Crippen molar-refractivity contribution in [2.75, 3.05) is 5.73 Å². The molecule has 80 valence electrons. The number of hydrogen-bond donors (Lipinski definition) is 2. The van der Waals surface area contributed by atoms with Gasteiger partial charge in [-0.25, -0.2) is 9.97 Å². The molecule has 0 aliphatic rings. The van der Waals surface area contributed by atoms with Crippen LogP contribution in [0.5, 0.6) is 0 Å². The van der Waals surface area contributed by atoms with Crippen LogP contribution in [0.1, 0.15) is 0 Å². The van der Waals surface area contributed by atoms with Gasteiger partial charge in [-0.1, -0.05) is 6.07 Å². The van der Waals surface area contributed by atoms with Crippen molar-refractivity contribution in [1.29, 1.82) is 0 Å². The fourth-order valence-electron chi connectivity index (χ4n) is 1.69. The van der Waals surface area contributed by atoms with Crippen LogP contribution in [0.4, 0.5) is 5.95 Å². The Labute approximate surface area is 91.1 Å². The SMILES string of the molecule is Cn1cnc(-c2cccc3[nH]c(N)nc23)n1. The summed E-state index contributed by atoms with van der Waals surface area (Å²) in [5.74, 6) is 1.05. The van der Waals surface area contributed by atoms with Gasteiger partial charge in [0.2, 0.25) is 0 Å². The zero-order valence-electron chi connectivity index (χ0n) is 8.68. The summed E-state index contributed by atoms with van der Waals surface area (Å²) in [6.45, 7) is 0. The molecule has 0 amide bonds. The van der Waals surface area contributed by atoms with Crippen molar-refractivity contribution in [3.8, 4) is 11.4 Å². The van der Waals surface area contributed by atoms with Crippen molar-refractivity contribution in [3.05, 3.63) is 24.5 Å². The Morgan fingerprint density at radius 2 is 2.25 bits per heavy atom. The molecular formula is C10H10N6. The van der Waals surface area contributed by atoms with Gasteiger partial charge in [0.1, 0.15) is 11.8 Å². The van der Waals surface area contributed by atoms with Crippen molar-refractivity contribution in [3.63, 3.8) is 0 Å². The minimum absolute atomic E-state index is 0.401. The summed E-state index contributed by atoms with van der Waals surface area (Å²) < 4.78 is 1.66. The first-order valence-corrected chi connectivity index (χ1v) is 4.84. The van der Waals surface area contributed by atoms with Gasteiger partial charge in [0, 0.05) is 12.6 Å². The number of para-hydroxylation sites is 1. The van der Waals surface area contributed by atoms with Crippen molar-refractivity contribution < 1.29 is 0 Å². The second-order valence-corrected chi connectivity index (χ2v) is 3.57. The number of rotatable bonds is 1. The summed E-state index contributed by atoms with van der Waals surface area (Å²) in [6, 6.07) is 5.77. The Hall–Kier alpha value is -2.37. The van der Waals surface area contributed by atoms with Gasteiger partial charge in [-0.2, -0.15) is 5.10 Å². The zero-order valence-corrected chi connectivity index (χ0v) is 8.68. The van der Waals surface area contributed by atoms with E-state index in [0.29, 0.717) is 11.8 Å². The minimum atomic E-state index is 0.401. The molecule has 3 rings (SSSR count). The van der Waals surface area contributed by atoms with Crippen LogP contribution in [-0.2, 0) is 7.05 Å². The molecule has 0 unspecified atom stereocenters. The predicted molar refractivity (Wildman–Crippen MR) is 60.5 cm³/mol. The van der Waals surface area contributed by atoms with Crippen molar-refractivity contribution in [2.24, 2.45) is 7.05 Å². The fraction of sp³-hybridized carbons (Fsp3) is 0.100. The highest BCUT2D eigenvalue weighted by Crippen LogP contribution is 2.24. The quantitative estimate of drug-likeness (QED) is 0.631. The van der Waals surface area contributed by atoms with Gasteiger partial charge in [-0.3, -0.25) is 4.68 Å². The molecule has 1 aromatic carbocycles. The van der Waals surface area contributed by atoms with Crippen molar-refractivity contribution >= 4 is 17.0 Å². The van der Waals surface area contributed by atoms with Crippen LogP contribution >= 0.6 is 0 Å². The van der Waals surface area contributed by atoms with Gasteiger partial charge in [0.15, 0.2) is 11.8 Å². The molecule has 0 aliphatic heterocycles. The molecule has 0 atom stereocenters. The molecule has 0 bridgehead atoms. The van der Waals surface area contributed by atoms with Crippen LogP contribution in [0.15, 0.2) is 24.5 Å². The summed E-state index contributed by atoms with van der Waals surface area (Å²) in [4.78, 5) is 11.4. The molecule has 0 radical (unpaired) electrons. The van der Waals surface area contributed by atoms with E-state index in [1.807, 2.05) is 25.2 Å². The first kappa shape index (κ1) is 8.90. The van der Waals surface area contributed by atoms with E-state index in [2.05, 4.69) is 20.1 Å². The largest absolute Gasteiger partial charge is 0.369 e. The predicted octanol–water partition coefficient (Wildman–Crippen LogP) is 0.941. The lowest BCUT2D eigenvalue weighted by atomic mass is 10.2. The number of nitrogens with two attached hydrogens (primary N) is 1. The average Bonchev–Trinajstić information content (AvgIpc) is 2.82. The highest BCUT2D eigenvalue weighted by Gasteiger charge is 2.10. The number of aromatic nitrogens is 5. The number of aromatic amines is 1. The monoisotopic (exact) mass is 214 g/mol. The van der Waals surface area contributed by atoms with Gasteiger partial charge in [-0.15, -0.1) is 0 Å². The van der Waals surface area contributed by atoms with E-state index >= 15 is 0 Å². The van der Waals surface area contributed by atoms with E-state index in [0.717, 1.165) is 16.6 Å². The molecule has 2 aromatic heterocycles. The summed E-state index contributed by atoms with van der Waals surface area (Å²) in [5, 5.41) is 4.25. The van der Waals surface area contributed by atoms with Crippen LogP contribution in [0.2, 0.25) is 0 Å². The Morgan fingerprint density at radius 3 is 3.00 bits per heavy atom. The third kappa shape index (κ3) is 1.23. The number of nitrogen functional groups attached to an aromatic ring is 1. The van der Waals surface area contributed by atoms with Gasteiger partial charge in [0.05, 0.1) is 5.52 Å². The summed E-state index contributed by atoms with van der Waals surface area (Å²) in [5.41, 5.74) is 8.20. The van der Waals surface area contributed by atoms with E-state index < -0.39 is 0 Å². The van der Waals surface area contributed by atoms with Crippen LogP contribution in [0, 0.1) is 0 Å². The molecule has 2 heterocycles. The molecule has 0 fully saturated rings. The second kappa shape index (κ2) is 3.06. The lowest BCUT2D eigenvalue weighted by molar-refractivity contribution is 0.768. The zero-order chi connectivity index (χ0) is 11.1. The third-order valence-electron chi connectivity index (χ3n) is 2.37. The smallest absolute Gasteiger partial charge is 0.198 e. The van der Waals surface area contributed by atoms with E-state index in [9.17, 15) is 0 Å². The molecule has 6 heteroatoms. The Bertz CT molecular complexity index is 650. The number of aryl methyl sites for hydroxylation is 1. The summed E-state index contributed by atoms with van der Waals surface area (Å²) in [7, 11) is 1.83. The van der Waals surface area contributed by atoms with Gasteiger partial charge >= 0.3 is 0 Å². The topological polar surface area (TPSA) is 85.4 Å². The first-order chi connectivity index (χ1) is 7.74. The lowest BCUT2D eigenvalue weighted by Crippen LogP contribution is -1.89. The summed E-state index contributed by atoms with van der Waals surface area (Å²) in [6.07, 6.45) is 1.66. The van der Waals surface area contributed by atoms with Crippen LogP contribution in [0.25, 0.3) is 22.4 Å². The number of benzene rings is 1. The highest BCUT2D eigenvalue weighted by atomic mass is 15.3. The van der Waals surface area contributed by atoms with Crippen molar-refractivity contribution in [2.45, 2.75) is 0 Å². The molecule has 0 aliphatic carbocycles. The lowest BCUT2D eigenvalue weighted by Gasteiger charge is -1.95. The van der Waals surface area contributed by atoms with E-state index in [-0.39, 0.29) is 0 Å². The molecular weight excluding hydrogens is 204 g/mol. The summed E-state index contributed by atoms with van der Waals surface area (Å²) >= 11 is 0. The van der Waals surface area contributed by atoms with E-state index in [1.165, 1.54) is 0 Å². The van der Waals surface area contributed by atoms with Gasteiger partial charge < -0.3 is 10.7 Å². The fourth-order valence-corrected chi connectivity index (χ4v) is 1.69. The maximum Gasteiger partial charge on any atom is 0.198 e. The highest BCUT2D eigenvalue weighted by molar-refractivity contribution is 5.90. The number of nitrogens with one attached hydrogen (secondary N) is 1. The number of fused-ring (bicyclic) bond motifs is 1. The molecule has 3 N–H and O–H groups in total. The normalized spacial score (nSPS) is 11.1. The molecule has 0 saturated carbocycles. The molecule has 3 aromatic rings. The number of hydrogen-bond acceptors (Lipinski definition) is 4. The second-order valence-electron chi connectivity index (χ2n) is 3.57. The molecule has 0 saturated heterocycles. The molecule has 6 nitrogen and oxygen atoms in total. The van der Waals surface area contributed by atoms with Crippen LogP contribution < -0.4 is 5.73 Å². The standard InChI is InChI=1S/C10H10N6/c1-16-5-12-9(15-16)6-3-2-4-7-8(6)14-10(11)13-7/h2-5H,1H3,(H3,11,13,14). The van der Waals surface area contributed by atoms with Crippen LogP contribution in [0.3, 0.4) is 0 Å². The maximum atomic E-state index is 5.63. The maximum absolute atomic E-state index is 5.63. The Kier molecular flexibility index (Phi) is 1.70. The van der Waals surface area contributed by atoms with Crippen molar-refractivity contribution in [1.82, 2.24) is 24.7 Å². The van der Waals surface area contributed by atoms with E-state index in [4.69, 9.17) is 5.73 Å². The Morgan fingerprint density at radius 1 is 1.38 bits per heavy atom. The van der Waals surface area contributed by atoms with Crippen LogP contribution in [-0.4, -0.2) is 24.7 Å². The number of nitrogens with zero attached hydrogens (tertiary/aromatic N) is 4.